The maximum atomic E-state index is 13.0. The number of carbonyl (C=O) groups is 1. The van der Waals surface area contributed by atoms with Gasteiger partial charge in [0.2, 0.25) is 0 Å². The molecule has 0 unspecified atom stereocenters. The Balaban J connectivity index is 1.44. The van der Waals surface area contributed by atoms with E-state index in [-0.39, 0.29) is 11.7 Å². The van der Waals surface area contributed by atoms with E-state index in [1.165, 1.54) is 28.9 Å². The van der Waals surface area contributed by atoms with Gasteiger partial charge >= 0.3 is 0 Å². The van der Waals surface area contributed by atoms with Crippen LogP contribution in [0, 0.1) is 12.7 Å². The van der Waals surface area contributed by atoms with Crippen LogP contribution in [0.2, 0.25) is 0 Å². The van der Waals surface area contributed by atoms with E-state index < -0.39 is 0 Å². The summed E-state index contributed by atoms with van der Waals surface area (Å²) in [6.45, 7) is 2.25. The summed E-state index contributed by atoms with van der Waals surface area (Å²) in [4.78, 5) is 17.6. The number of anilines is 2. The average molecular weight is 391 g/mol. The van der Waals surface area contributed by atoms with Crippen molar-refractivity contribution >= 4 is 38.8 Å². The molecule has 0 atom stereocenters. The Kier molecular flexibility index (Phi) is 5.04. The number of fused-ring (bicyclic) bond motifs is 1. The van der Waals surface area contributed by atoms with Crippen molar-refractivity contribution in [2.45, 2.75) is 13.5 Å². The summed E-state index contributed by atoms with van der Waals surface area (Å²) >= 11 is 1.28. The first kappa shape index (κ1) is 18.1. The van der Waals surface area contributed by atoms with E-state index in [9.17, 15) is 9.18 Å². The molecule has 3 aromatic carbocycles. The smallest absolute Gasteiger partial charge is 0.263 e. The van der Waals surface area contributed by atoms with Gasteiger partial charge in [0.1, 0.15) is 10.7 Å². The highest BCUT2D eigenvalue weighted by Crippen LogP contribution is 2.26. The van der Waals surface area contributed by atoms with E-state index in [4.69, 9.17) is 0 Å². The molecule has 0 fully saturated rings. The molecule has 0 aliphatic heterocycles. The number of hydrogen-bond acceptors (Lipinski definition) is 4. The van der Waals surface area contributed by atoms with Gasteiger partial charge in [0.15, 0.2) is 5.13 Å². The molecular weight excluding hydrogens is 373 g/mol. The van der Waals surface area contributed by atoms with E-state index in [1.54, 1.807) is 19.1 Å². The monoisotopic (exact) mass is 391 g/mol. The normalized spacial score (nSPS) is 10.8. The van der Waals surface area contributed by atoms with Gasteiger partial charge in [-0.2, -0.15) is 0 Å². The molecule has 1 heterocycles. The van der Waals surface area contributed by atoms with Crippen molar-refractivity contribution in [3.05, 3.63) is 88.7 Å². The summed E-state index contributed by atoms with van der Waals surface area (Å²) in [7, 11) is 0. The molecule has 0 bridgehead atoms. The number of thiazole rings is 1. The van der Waals surface area contributed by atoms with Crippen LogP contribution in [-0.4, -0.2) is 10.9 Å². The van der Waals surface area contributed by atoms with Gasteiger partial charge in [-0.3, -0.25) is 4.79 Å². The van der Waals surface area contributed by atoms with E-state index in [0.717, 1.165) is 16.6 Å². The van der Waals surface area contributed by atoms with Crippen LogP contribution < -0.4 is 10.6 Å². The van der Waals surface area contributed by atoms with E-state index in [0.29, 0.717) is 22.2 Å². The highest BCUT2D eigenvalue weighted by atomic mass is 32.1. The topological polar surface area (TPSA) is 54.0 Å². The predicted octanol–water partition coefficient (Wildman–Crippen LogP) is 5.42. The number of aromatic nitrogens is 1. The Hall–Kier alpha value is -3.25. The van der Waals surface area contributed by atoms with Crippen LogP contribution in [0.3, 0.4) is 0 Å². The predicted molar refractivity (Wildman–Crippen MR) is 112 cm³/mol. The van der Waals surface area contributed by atoms with E-state index in [1.807, 2.05) is 18.2 Å². The summed E-state index contributed by atoms with van der Waals surface area (Å²) < 4.78 is 13.0. The number of benzene rings is 3. The molecule has 4 nitrogen and oxygen atoms in total. The minimum Gasteiger partial charge on any atom is -0.347 e. The zero-order valence-electron chi connectivity index (χ0n) is 15.2. The largest absolute Gasteiger partial charge is 0.347 e. The fourth-order valence-corrected chi connectivity index (χ4v) is 3.83. The molecule has 0 saturated heterocycles. The van der Waals surface area contributed by atoms with Gasteiger partial charge in [-0.25, -0.2) is 9.37 Å². The Morgan fingerprint density at radius 1 is 1.04 bits per heavy atom. The van der Waals surface area contributed by atoms with E-state index >= 15 is 0 Å². The van der Waals surface area contributed by atoms with E-state index in [2.05, 4.69) is 39.9 Å². The third-order valence-corrected chi connectivity index (χ3v) is 5.44. The van der Waals surface area contributed by atoms with Gasteiger partial charge in [0, 0.05) is 12.2 Å². The minimum atomic E-state index is -0.297. The molecule has 28 heavy (non-hydrogen) atoms. The Bertz CT molecular complexity index is 1140. The molecule has 1 amide bonds. The Labute approximate surface area is 166 Å². The lowest BCUT2D eigenvalue weighted by molar-refractivity contribution is 0.0954. The molecule has 0 aliphatic carbocycles. The number of nitrogens with one attached hydrogen (secondary N) is 2. The summed E-state index contributed by atoms with van der Waals surface area (Å²) in [5, 5.41) is 8.98. The maximum absolute atomic E-state index is 13.0. The van der Waals surface area contributed by atoms with Crippen molar-refractivity contribution in [2.24, 2.45) is 0 Å². The molecule has 4 rings (SSSR count). The molecular formula is C22H18FN3OS. The average Bonchev–Trinajstić information content (AvgIpc) is 3.08. The molecule has 2 N–H and O–H groups in total. The highest BCUT2D eigenvalue weighted by molar-refractivity contribution is 7.17. The number of halogens is 1. The minimum absolute atomic E-state index is 0.157. The summed E-state index contributed by atoms with van der Waals surface area (Å²) in [5.74, 6) is -0.454. The third-order valence-electron chi connectivity index (χ3n) is 4.37. The first-order chi connectivity index (χ1) is 13.6. The highest BCUT2D eigenvalue weighted by Gasteiger charge is 2.15. The zero-order valence-corrected chi connectivity index (χ0v) is 16.0. The fraction of sp³-hybridized carbons (Fsp3) is 0.0909. The van der Waals surface area contributed by atoms with Gasteiger partial charge < -0.3 is 10.6 Å². The summed E-state index contributed by atoms with van der Waals surface area (Å²) in [6.07, 6.45) is 0. The molecule has 0 saturated carbocycles. The fourth-order valence-electron chi connectivity index (χ4n) is 2.93. The first-order valence-corrected chi connectivity index (χ1v) is 9.66. The van der Waals surface area contributed by atoms with Gasteiger partial charge in [-0.1, -0.05) is 47.7 Å². The molecule has 4 aromatic rings. The van der Waals surface area contributed by atoms with Crippen LogP contribution in [0.25, 0.3) is 10.8 Å². The van der Waals surface area contributed by atoms with Crippen molar-refractivity contribution in [1.29, 1.82) is 0 Å². The van der Waals surface area contributed by atoms with Crippen molar-refractivity contribution in [2.75, 3.05) is 5.32 Å². The molecule has 0 aliphatic rings. The first-order valence-electron chi connectivity index (χ1n) is 8.84. The second-order valence-electron chi connectivity index (χ2n) is 6.43. The lowest BCUT2D eigenvalue weighted by atomic mass is 10.1. The maximum Gasteiger partial charge on any atom is 0.263 e. The van der Waals surface area contributed by atoms with Crippen molar-refractivity contribution < 1.29 is 9.18 Å². The number of amides is 1. The lowest BCUT2D eigenvalue weighted by Crippen LogP contribution is -2.22. The number of carbonyl (C=O) groups excluding carboxylic acids is 1. The van der Waals surface area contributed by atoms with Crippen LogP contribution in [0.1, 0.15) is 20.9 Å². The van der Waals surface area contributed by atoms with Gasteiger partial charge in [0.25, 0.3) is 5.91 Å². The third kappa shape index (κ3) is 4.02. The van der Waals surface area contributed by atoms with Crippen LogP contribution in [0.15, 0.2) is 66.7 Å². The van der Waals surface area contributed by atoms with Gasteiger partial charge in [-0.15, -0.1) is 0 Å². The van der Waals surface area contributed by atoms with Crippen LogP contribution >= 0.6 is 11.3 Å². The molecule has 0 spiro atoms. The van der Waals surface area contributed by atoms with Crippen molar-refractivity contribution in [1.82, 2.24) is 10.3 Å². The second kappa shape index (κ2) is 7.78. The SMILES string of the molecule is Cc1nc(Nc2ccc(F)cc2)sc1C(=O)NCc1ccc2ccccc2c1. The second-order valence-corrected chi connectivity index (χ2v) is 7.43. The zero-order chi connectivity index (χ0) is 19.5. The molecule has 1 aromatic heterocycles. The lowest BCUT2D eigenvalue weighted by Gasteiger charge is -2.06. The van der Waals surface area contributed by atoms with Crippen LogP contribution in [0.5, 0.6) is 0 Å². The molecule has 6 heteroatoms. The van der Waals surface area contributed by atoms with Gasteiger partial charge in [-0.05, 0) is 53.6 Å². The van der Waals surface area contributed by atoms with Crippen molar-refractivity contribution in [3.8, 4) is 0 Å². The van der Waals surface area contributed by atoms with Gasteiger partial charge in [0.05, 0.1) is 5.69 Å². The summed E-state index contributed by atoms with van der Waals surface area (Å²) in [6, 6.07) is 20.3. The summed E-state index contributed by atoms with van der Waals surface area (Å²) in [5.41, 5.74) is 2.42. The Morgan fingerprint density at radius 2 is 1.79 bits per heavy atom. The number of nitrogens with zero attached hydrogens (tertiary/aromatic N) is 1. The number of rotatable bonds is 5. The van der Waals surface area contributed by atoms with Crippen LogP contribution in [-0.2, 0) is 6.54 Å². The quantitative estimate of drug-likeness (QED) is 0.478. The van der Waals surface area contributed by atoms with Crippen molar-refractivity contribution in [3.63, 3.8) is 0 Å². The van der Waals surface area contributed by atoms with Crippen LogP contribution in [0.4, 0.5) is 15.2 Å². The molecule has 0 radical (unpaired) electrons. The standard InChI is InChI=1S/C22H18FN3OS/c1-14-20(28-22(25-14)26-19-10-8-18(23)9-11-19)21(27)24-13-15-6-7-16-4-2-3-5-17(16)12-15/h2-12H,13H2,1H3,(H,24,27)(H,25,26). The Morgan fingerprint density at radius 3 is 2.57 bits per heavy atom. The number of hydrogen-bond donors (Lipinski definition) is 2. The molecule has 140 valence electrons. The number of aryl methyl sites for hydroxylation is 1.